The van der Waals surface area contributed by atoms with Crippen LogP contribution in [0.3, 0.4) is 0 Å². The van der Waals surface area contributed by atoms with E-state index < -0.39 is 29.7 Å². The highest BCUT2D eigenvalue weighted by molar-refractivity contribution is 5.99. The van der Waals surface area contributed by atoms with Crippen molar-refractivity contribution in [3.05, 3.63) is 35.6 Å². The van der Waals surface area contributed by atoms with Gasteiger partial charge in [0.1, 0.15) is 17.9 Å². The van der Waals surface area contributed by atoms with Crippen LogP contribution in [0.1, 0.15) is 30.1 Å². The lowest BCUT2D eigenvalue weighted by atomic mass is 10.0. The van der Waals surface area contributed by atoms with E-state index in [4.69, 9.17) is 0 Å². The Morgan fingerprint density at radius 1 is 1.25 bits per heavy atom. The van der Waals surface area contributed by atoms with Gasteiger partial charge in [-0.25, -0.2) is 4.39 Å². The number of piperidine rings is 1. The van der Waals surface area contributed by atoms with Crippen LogP contribution >= 0.6 is 0 Å². The van der Waals surface area contributed by atoms with E-state index in [2.05, 4.69) is 10.6 Å². The van der Waals surface area contributed by atoms with Gasteiger partial charge in [0, 0.05) is 32.1 Å². The molecule has 28 heavy (non-hydrogen) atoms. The summed E-state index contributed by atoms with van der Waals surface area (Å²) in [6.45, 7) is 2.41. The highest BCUT2D eigenvalue weighted by atomic mass is 19.1. The van der Waals surface area contributed by atoms with Crippen LogP contribution in [-0.2, 0) is 14.4 Å². The van der Waals surface area contributed by atoms with Gasteiger partial charge in [-0.1, -0.05) is 6.07 Å². The molecule has 1 aromatic rings. The van der Waals surface area contributed by atoms with Gasteiger partial charge >= 0.3 is 0 Å². The summed E-state index contributed by atoms with van der Waals surface area (Å²) >= 11 is 0. The van der Waals surface area contributed by atoms with Crippen LogP contribution in [0.5, 0.6) is 0 Å². The molecule has 150 valence electrons. The van der Waals surface area contributed by atoms with Crippen LogP contribution in [0.15, 0.2) is 24.3 Å². The minimum absolute atomic E-state index is 0.0244. The molecule has 2 heterocycles. The van der Waals surface area contributed by atoms with Gasteiger partial charge < -0.3 is 20.4 Å². The fraction of sp³-hybridized carbons (Fsp3) is 0.474. The Bertz CT molecular complexity index is 800. The quantitative estimate of drug-likeness (QED) is 0.753. The lowest BCUT2D eigenvalue weighted by molar-refractivity contribution is -0.137. The number of nitrogens with one attached hydrogen (secondary N) is 2. The summed E-state index contributed by atoms with van der Waals surface area (Å²) in [6, 6.07) is 3.63. The molecule has 4 amide bonds. The molecule has 0 unspecified atom stereocenters. The van der Waals surface area contributed by atoms with E-state index in [9.17, 15) is 23.6 Å². The van der Waals surface area contributed by atoms with E-state index >= 15 is 0 Å². The van der Waals surface area contributed by atoms with Gasteiger partial charge in [-0.3, -0.25) is 19.2 Å². The Balaban J connectivity index is 1.80. The van der Waals surface area contributed by atoms with Crippen molar-refractivity contribution in [3.8, 4) is 0 Å². The van der Waals surface area contributed by atoms with Gasteiger partial charge in [0.15, 0.2) is 0 Å². The van der Waals surface area contributed by atoms with E-state index in [1.807, 2.05) is 0 Å². The summed E-state index contributed by atoms with van der Waals surface area (Å²) in [5.74, 6) is -2.00. The third-order valence-corrected chi connectivity index (χ3v) is 5.06. The largest absolute Gasteiger partial charge is 0.354 e. The summed E-state index contributed by atoms with van der Waals surface area (Å²) in [6.07, 6.45) is 1.26. The third kappa shape index (κ3) is 4.29. The summed E-state index contributed by atoms with van der Waals surface area (Å²) in [5.41, 5.74) is 0.129. The number of halogens is 1. The topological polar surface area (TPSA) is 98.8 Å². The van der Waals surface area contributed by atoms with Gasteiger partial charge in [0.05, 0.1) is 6.54 Å². The first kappa shape index (κ1) is 19.8. The van der Waals surface area contributed by atoms with Gasteiger partial charge in [-0.05, 0) is 31.0 Å². The summed E-state index contributed by atoms with van der Waals surface area (Å²) in [5, 5.41) is 5.38. The number of piperazine rings is 1. The lowest BCUT2D eigenvalue weighted by Crippen LogP contribution is -2.63. The minimum Gasteiger partial charge on any atom is -0.354 e. The maximum atomic E-state index is 13.5. The number of carbonyl (C=O) groups excluding carboxylic acids is 4. The van der Waals surface area contributed by atoms with Gasteiger partial charge in [-0.2, -0.15) is 0 Å². The highest BCUT2D eigenvalue weighted by Gasteiger charge is 2.38. The van der Waals surface area contributed by atoms with Crippen molar-refractivity contribution < 1.29 is 23.6 Å². The second kappa shape index (κ2) is 8.37. The molecule has 3 rings (SSSR count). The van der Waals surface area contributed by atoms with Gasteiger partial charge in [-0.15, -0.1) is 0 Å². The Labute approximate surface area is 162 Å². The Morgan fingerprint density at radius 3 is 2.71 bits per heavy atom. The number of carbonyl (C=O) groups is 4. The normalized spacial score (nSPS) is 22.4. The number of hydrogen-bond acceptors (Lipinski definition) is 4. The molecule has 0 radical (unpaired) electrons. The standard InChI is InChI=1S/C19H23FN4O4/c1-12(25)23-8-9-24(19(28)13-4-2-5-14(20)10-13)16(11-23)18(27)22-15-6-3-7-21-17(15)26/h2,4-5,10,15-16H,3,6-9,11H2,1H3,(H,21,26)(H,22,27)/t15-,16-/m0/s1. The first-order valence-corrected chi connectivity index (χ1v) is 9.27. The molecule has 0 aromatic heterocycles. The Kier molecular flexibility index (Phi) is 5.91. The number of nitrogens with zero attached hydrogens (tertiary/aromatic N) is 2. The average molecular weight is 390 g/mol. The summed E-state index contributed by atoms with van der Waals surface area (Å²) < 4.78 is 13.5. The first-order valence-electron chi connectivity index (χ1n) is 9.27. The second-order valence-electron chi connectivity index (χ2n) is 6.98. The predicted molar refractivity (Wildman–Crippen MR) is 97.7 cm³/mol. The first-order chi connectivity index (χ1) is 13.4. The zero-order chi connectivity index (χ0) is 20.3. The number of rotatable bonds is 3. The minimum atomic E-state index is -0.955. The van der Waals surface area contributed by atoms with Gasteiger partial charge in [0.25, 0.3) is 5.91 Å². The molecular formula is C19H23FN4O4. The number of hydrogen-bond donors (Lipinski definition) is 2. The molecule has 2 atom stereocenters. The molecule has 0 bridgehead atoms. The molecule has 2 aliphatic rings. The summed E-state index contributed by atoms with van der Waals surface area (Å²) in [4.78, 5) is 52.3. The number of amides is 4. The zero-order valence-electron chi connectivity index (χ0n) is 15.6. The monoisotopic (exact) mass is 390 g/mol. The van der Waals surface area contributed by atoms with Crippen molar-refractivity contribution in [2.24, 2.45) is 0 Å². The molecule has 0 aliphatic carbocycles. The fourth-order valence-electron chi connectivity index (χ4n) is 3.50. The molecular weight excluding hydrogens is 367 g/mol. The molecule has 0 saturated carbocycles. The van der Waals surface area contributed by atoms with Crippen molar-refractivity contribution in [1.82, 2.24) is 20.4 Å². The number of benzene rings is 1. The average Bonchev–Trinajstić information content (AvgIpc) is 2.68. The maximum Gasteiger partial charge on any atom is 0.254 e. The molecule has 8 nitrogen and oxygen atoms in total. The maximum absolute atomic E-state index is 13.5. The van der Waals surface area contributed by atoms with E-state index in [0.717, 1.165) is 12.5 Å². The van der Waals surface area contributed by atoms with E-state index in [1.54, 1.807) is 0 Å². The predicted octanol–water partition coefficient (Wildman–Crippen LogP) is -0.107. The van der Waals surface area contributed by atoms with Crippen LogP contribution in [0.2, 0.25) is 0 Å². The molecule has 0 spiro atoms. The highest BCUT2D eigenvalue weighted by Crippen LogP contribution is 2.16. The van der Waals surface area contributed by atoms with Crippen LogP contribution in [0, 0.1) is 5.82 Å². The van der Waals surface area contributed by atoms with Crippen LogP contribution < -0.4 is 10.6 Å². The fourth-order valence-corrected chi connectivity index (χ4v) is 3.50. The Hall–Kier alpha value is -2.97. The lowest BCUT2D eigenvalue weighted by Gasteiger charge is -2.40. The zero-order valence-corrected chi connectivity index (χ0v) is 15.6. The molecule has 1 aromatic carbocycles. The van der Waals surface area contributed by atoms with Crippen molar-refractivity contribution in [1.29, 1.82) is 0 Å². The molecule has 2 N–H and O–H groups in total. The van der Waals surface area contributed by atoms with Gasteiger partial charge in [0.2, 0.25) is 17.7 Å². The van der Waals surface area contributed by atoms with E-state index in [1.165, 1.54) is 34.9 Å². The molecule has 2 fully saturated rings. The van der Waals surface area contributed by atoms with Crippen molar-refractivity contribution in [2.45, 2.75) is 31.8 Å². The van der Waals surface area contributed by atoms with Crippen LogP contribution in [0.25, 0.3) is 0 Å². The third-order valence-electron chi connectivity index (χ3n) is 5.06. The van der Waals surface area contributed by atoms with E-state index in [0.29, 0.717) is 13.0 Å². The van der Waals surface area contributed by atoms with Crippen molar-refractivity contribution in [2.75, 3.05) is 26.2 Å². The van der Waals surface area contributed by atoms with Crippen LogP contribution in [0.4, 0.5) is 4.39 Å². The SMILES string of the molecule is CC(=O)N1CCN(C(=O)c2cccc(F)c2)[C@H](C(=O)N[C@H]2CCCNC2=O)C1. The van der Waals surface area contributed by atoms with E-state index in [-0.39, 0.29) is 37.0 Å². The van der Waals surface area contributed by atoms with Crippen molar-refractivity contribution >= 4 is 23.6 Å². The Morgan fingerprint density at radius 2 is 2.04 bits per heavy atom. The molecule has 9 heteroatoms. The summed E-state index contributed by atoms with van der Waals surface area (Å²) in [7, 11) is 0. The second-order valence-corrected chi connectivity index (χ2v) is 6.98. The molecule has 2 saturated heterocycles. The van der Waals surface area contributed by atoms with Crippen molar-refractivity contribution in [3.63, 3.8) is 0 Å². The smallest absolute Gasteiger partial charge is 0.254 e. The molecule has 2 aliphatic heterocycles. The van der Waals surface area contributed by atoms with Crippen LogP contribution in [-0.4, -0.2) is 71.7 Å².